The average Bonchev–Trinajstić information content (AvgIpc) is 3.20. The standard InChI is InChI=1S/C22H26FNO5/c1-27-18-8-16(9-19-21(18)29-14-28-19)11-24-7-6-20(26)22(12-24,13-25)10-15-2-4-17(23)5-3-15/h2-5,8-9,20,25-26H,6-7,10-14H2,1H3/t20-,22-/m0/s1. The van der Waals surface area contributed by atoms with Gasteiger partial charge in [0, 0.05) is 25.0 Å². The number of nitrogens with zero attached hydrogens (tertiary/aromatic N) is 1. The fourth-order valence-corrected chi connectivity index (χ4v) is 4.30. The van der Waals surface area contributed by atoms with Gasteiger partial charge in [-0.2, -0.15) is 0 Å². The van der Waals surface area contributed by atoms with Crippen LogP contribution in [0.25, 0.3) is 0 Å². The van der Waals surface area contributed by atoms with E-state index in [1.807, 2.05) is 12.1 Å². The number of piperidine rings is 1. The molecule has 7 heteroatoms. The molecule has 2 aromatic rings. The number of ether oxygens (including phenoxy) is 3. The highest BCUT2D eigenvalue weighted by atomic mass is 19.1. The van der Waals surface area contributed by atoms with Crippen LogP contribution in [0.4, 0.5) is 4.39 Å². The number of rotatable bonds is 6. The normalized spacial score (nSPS) is 23.9. The van der Waals surface area contributed by atoms with Crippen LogP contribution in [0.1, 0.15) is 17.5 Å². The third-order valence-corrected chi connectivity index (χ3v) is 5.87. The van der Waals surface area contributed by atoms with E-state index in [1.165, 1.54) is 12.1 Å². The maximum atomic E-state index is 13.2. The van der Waals surface area contributed by atoms with Crippen molar-refractivity contribution in [2.24, 2.45) is 5.41 Å². The maximum absolute atomic E-state index is 13.2. The molecule has 156 valence electrons. The zero-order valence-corrected chi connectivity index (χ0v) is 16.4. The number of fused-ring (bicyclic) bond motifs is 1. The zero-order valence-electron chi connectivity index (χ0n) is 16.4. The van der Waals surface area contributed by atoms with Gasteiger partial charge in [0.1, 0.15) is 5.82 Å². The Labute approximate surface area is 169 Å². The summed E-state index contributed by atoms with van der Waals surface area (Å²) in [6, 6.07) is 10.1. The number of aliphatic hydroxyl groups is 2. The molecule has 2 aromatic carbocycles. The van der Waals surface area contributed by atoms with E-state index in [2.05, 4.69) is 4.90 Å². The predicted molar refractivity (Wildman–Crippen MR) is 105 cm³/mol. The molecule has 2 atom stereocenters. The van der Waals surface area contributed by atoms with Crippen molar-refractivity contribution in [3.63, 3.8) is 0 Å². The van der Waals surface area contributed by atoms with E-state index in [9.17, 15) is 14.6 Å². The fraction of sp³-hybridized carbons (Fsp3) is 0.455. The summed E-state index contributed by atoms with van der Waals surface area (Å²) in [6.45, 7) is 1.90. The summed E-state index contributed by atoms with van der Waals surface area (Å²) in [6.07, 6.45) is 0.412. The van der Waals surface area contributed by atoms with E-state index in [0.717, 1.165) is 11.1 Å². The monoisotopic (exact) mass is 403 g/mol. The summed E-state index contributed by atoms with van der Waals surface area (Å²) in [5.74, 6) is 1.61. The Balaban J connectivity index is 1.53. The molecular formula is C22H26FNO5. The van der Waals surface area contributed by atoms with Crippen LogP contribution in [0, 0.1) is 11.2 Å². The maximum Gasteiger partial charge on any atom is 0.231 e. The van der Waals surface area contributed by atoms with Crippen molar-refractivity contribution in [3.8, 4) is 17.2 Å². The van der Waals surface area contributed by atoms with Crippen molar-refractivity contribution in [1.29, 1.82) is 0 Å². The summed E-state index contributed by atoms with van der Waals surface area (Å²) in [4.78, 5) is 2.21. The first-order valence-corrected chi connectivity index (χ1v) is 9.75. The molecule has 0 aliphatic carbocycles. The molecule has 4 rings (SSSR count). The van der Waals surface area contributed by atoms with Gasteiger partial charge in [0.2, 0.25) is 12.5 Å². The molecule has 0 amide bonds. The van der Waals surface area contributed by atoms with Gasteiger partial charge in [-0.15, -0.1) is 0 Å². The first-order chi connectivity index (χ1) is 14.0. The Hall–Kier alpha value is -2.35. The van der Waals surface area contributed by atoms with Gasteiger partial charge in [0.05, 0.1) is 19.8 Å². The summed E-state index contributed by atoms with van der Waals surface area (Å²) < 4.78 is 29.6. The van der Waals surface area contributed by atoms with Crippen LogP contribution in [0.3, 0.4) is 0 Å². The lowest BCUT2D eigenvalue weighted by Crippen LogP contribution is -2.54. The second-order valence-corrected chi connectivity index (χ2v) is 7.87. The number of halogens is 1. The third kappa shape index (κ3) is 4.03. The molecule has 0 aromatic heterocycles. The molecule has 0 unspecified atom stereocenters. The molecular weight excluding hydrogens is 377 g/mol. The number of methoxy groups -OCH3 is 1. The molecule has 0 spiro atoms. The number of hydrogen-bond donors (Lipinski definition) is 2. The van der Waals surface area contributed by atoms with Crippen LogP contribution in [0.5, 0.6) is 17.2 Å². The van der Waals surface area contributed by atoms with E-state index in [-0.39, 0.29) is 19.2 Å². The number of hydrogen-bond acceptors (Lipinski definition) is 6. The van der Waals surface area contributed by atoms with Crippen molar-refractivity contribution in [1.82, 2.24) is 4.90 Å². The van der Waals surface area contributed by atoms with E-state index < -0.39 is 11.5 Å². The minimum atomic E-state index is -0.698. The van der Waals surface area contributed by atoms with Gasteiger partial charge in [-0.1, -0.05) is 12.1 Å². The average molecular weight is 403 g/mol. The fourth-order valence-electron chi connectivity index (χ4n) is 4.30. The zero-order chi connectivity index (χ0) is 20.4. The Morgan fingerprint density at radius 1 is 1.21 bits per heavy atom. The first-order valence-electron chi connectivity index (χ1n) is 9.75. The van der Waals surface area contributed by atoms with E-state index in [4.69, 9.17) is 14.2 Å². The van der Waals surface area contributed by atoms with Crippen molar-refractivity contribution in [2.45, 2.75) is 25.5 Å². The summed E-state index contributed by atoms with van der Waals surface area (Å²) in [5, 5.41) is 20.9. The minimum absolute atomic E-state index is 0.146. The van der Waals surface area contributed by atoms with E-state index >= 15 is 0 Å². The molecule has 0 bridgehead atoms. The number of benzene rings is 2. The lowest BCUT2D eigenvalue weighted by Gasteiger charge is -2.45. The van der Waals surface area contributed by atoms with Gasteiger partial charge in [0.15, 0.2) is 11.5 Å². The smallest absolute Gasteiger partial charge is 0.231 e. The Morgan fingerprint density at radius 3 is 2.72 bits per heavy atom. The largest absolute Gasteiger partial charge is 0.493 e. The SMILES string of the molecule is COc1cc(CN2CC[C@H](O)[C@@](CO)(Cc3ccc(F)cc3)C2)cc2c1OCO2. The first kappa shape index (κ1) is 19.9. The Bertz CT molecular complexity index is 859. The van der Waals surface area contributed by atoms with Gasteiger partial charge >= 0.3 is 0 Å². The van der Waals surface area contributed by atoms with Crippen LogP contribution in [0.15, 0.2) is 36.4 Å². The van der Waals surface area contributed by atoms with Crippen LogP contribution in [-0.4, -0.2) is 54.8 Å². The van der Waals surface area contributed by atoms with Gasteiger partial charge in [0.25, 0.3) is 0 Å². The molecule has 1 fully saturated rings. The molecule has 2 aliphatic heterocycles. The van der Waals surface area contributed by atoms with E-state index in [1.54, 1.807) is 19.2 Å². The Kier molecular flexibility index (Phi) is 5.63. The predicted octanol–water partition coefficient (Wildman–Crippen LogP) is 2.35. The lowest BCUT2D eigenvalue weighted by atomic mass is 9.73. The molecule has 29 heavy (non-hydrogen) atoms. The van der Waals surface area contributed by atoms with Crippen molar-refractivity contribution < 1.29 is 28.8 Å². The summed E-state index contributed by atoms with van der Waals surface area (Å²) in [5.41, 5.74) is 1.21. The number of likely N-dealkylation sites (tertiary alicyclic amines) is 1. The van der Waals surface area contributed by atoms with Gasteiger partial charge in [-0.05, 0) is 48.2 Å². The molecule has 6 nitrogen and oxygen atoms in total. The van der Waals surface area contributed by atoms with Crippen molar-refractivity contribution in [2.75, 3.05) is 33.6 Å². The molecule has 0 radical (unpaired) electrons. The van der Waals surface area contributed by atoms with Gasteiger partial charge < -0.3 is 24.4 Å². The Morgan fingerprint density at radius 2 is 2.00 bits per heavy atom. The van der Waals surface area contributed by atoms with Gasteiger partial charge in [-0.25, -0.2) is 4.39 Å². The van der Waals surface area contributed by atoms with E-state index in [0.29, 0.717) is 49.7 Å². The van der Waals surface area contributed by atoms with Crippen LogP contribution in [-0.2, 0) is 13.0 Å². The highest BCUT2D eigenvalue weighted by Crippen LogP contribution is 2.42. The summed E-state index contributed by atoms with van der Waals surface area (Å²) in [7, 11) is 1.60. The molecule has 0 saturated carbocycles. The van der Waals surface area contributed by atoms with Crippen LogP contribution < -0.4 is 14.2 Å². The third-order valence-electron chi connectivity index (χ3n) is 5.87. The minimum Gasteiger partial charge on any atom is -0.493 e. The van der Waals surface area contributed by atoms with Gasteiger partial charge in [-0.3, -0.25) is 4.90 Å². The second-order valence-electron chi connectivity index (χ2n) is 7.87. The van der Waals surface area contributed by atoms with Crippen LogP contribution in [0.2, 0.25) is 0 Å². The van der Waals surface area contributed by atoms with Crippen LogP contribution >= 0.6 is 0 Å². The quantitative estimate of drug-likeness (QED) is 0.772. The topological polar surface area (TPSA) is 71.4 Å². The molecule has 2 heterocycles. The lowest BCUT2D eigenvalue weighted by molar-refractivity contribution is -0.0768. The number of aliphatic hydroxyl groups excluding tert-OH is 2. The molecule has 2 aliphatic rings. The molecule has 2 N–H and O–H groups in total. The highest BCUT2D eigenvalue weighted by molar-refractivity contribution is 5.55. The highest BCUT2D eigenvalue weighted by Gasteiger charge is 2.42. The molecule has 1 saturated heterocycles. The second kappa shape index (κ2) is 8.18. The van der Waals surface area contributed by atoms with Crippen molar-refractivity contribution >= 4 is 0 Å². The van der Waals surface area contributed by atoms with Crippen molar-refractivity contribution in [3.05, 3.63) is 53.3 Å². The summed E-state index contributed by atoms with van der Waals surface area (Å²) >= 11 is 0.